The van der Waals surface area contributed by atoms with E-state index in [1.54, 1.807) is 0 Å². The third-order valence-electron chi connectivity index (χ3n) is 9.73. The largest absolute Gasteiger partial charge is 0.455 e. The maximum absolute atomic E-state index is 6.73. The molecule has 0 fully saturated rings. The summed E-state index contributed by atoms with van der Waals surface area (Å²) in [7, 11) is 0. The molecular weight excluding hydrogens is 579 g/mol. The van der Waals surface area contributed by atoms with Gasteiger partial charge in [0, 0.05) is 32.7 Å². The van der Waals surface area contributed by atoms with Crippen molar-refractivity contribution in [2.24, 2.45) is 0 Å². The highest BCUT2D eigenvalue weighted by Gasteiger charge is 2.51. The van der Waals surface area contributed by atoms with Crippen molar-refractivity contribution in [3.8, 4) is 11.1 Å². The van der Waals surface area contributed by atoms with Crippen molar-refractivity contribution in [2.75, 3.05) is 4.90 Å². The van der Waals surface area contributed by atoms with Crippen LogP contribution in [-0.2, 0) is 5.41 Å². The minimum absolute atomic E-state index is 0.473. The lowest BCUT2D eigenvalue weighted by Crippen LogP contribution is -2.32. The van der Waals surface area contributed by atoms with E-state index in [1.165, 1.54) is 43.2 Å². The molecule has 7 aromatic carbocycles. The van der Waals surface area contributed by atoms with Gasteiger partial charge in [0.15, 0.2) is 0 Å². The van der Waals surface area contributed by atoms with Crippen LogP contribution in [0.25, 0.3) is 33.1 Å². The van der Waals surface area contributed by atoms with E-state index in [0.29, 0.717) is 0 Å². The van der Waals surface area contributed by atoms with Gasteiger partial charge < -0.3 is 9.32 Å². The number of benzene rings is 7. The highest BCUT2D eigenvalue weighted by molar-refractivity contribution is 7.99. The molecule has 0 atom stereocenters. The van der Waals surface area contributed by atoms with Crippen LogP contribution in [0.15, 0.2) is 178 Å². The Morgan fingerprint density at radius 2 is 1.04 bits per heavy atom. The molecule has 8 aromatic rings. The molecule has 0 radical (unpaired) electrons. The first-order chi connectivity index (χ1) is 22.8. The minimum atomic E-state index is -0.473. The van der Waals surface area contributed by atoms with E-state index in [9.17, 15) is 0 Å². The molecule has 1 spiro atoms. The standard InChI is InChI=1S/C43H27NOS/c1-3-13-28(14-4-1)44(29-15-5-2-6-16-29)30-23-25-37-40(27-30)46-42-38(26-24-34-33-19-9-12-22-39(33)45-41(34)42)43(37)35-20-10-7-17-31(35)32-18-8-11-21-36(32)43/h1-27H. The van der Waals surface area contributed by atoms with E-state index in [-0.39, 0.29) is 0 Å². The van der Waals surface area contributed by atoms with Gasteiger partial charge in [-0.3, -0.25) is 0 Å². The molecule has 1 aliphatic carbocycles. The molecule has 2 aliphatic rings. The van der Waals surface area contributed by atoms with Crippen LogP contribution < -0.4 is 4.90 Å². The van der Waals surface area contributed by atoms with Crippen LogP contribution in [0.1, 0.15) is 22.3 Å². The molecule has 2 heterocycles. The highest BCUT2D eigenvalue weighted by atomic mass is 32.2. The van der Waals surface area contributed by atoms with Crippen LogP contribution in [0.2, 0.25) is 0 Å². The van der Waals surface area contributed by atoms with Gasteiger partial charge in [-0.1, -0.05) is 133 Å². The summed E-state index contributed by atoms with van der Waals surface area (Å²) in [6, 6.07) is 59.3. The molecule has 0 amide bonds. The van der Waals surface area contributed by atoms with Crippen molar-refractivity contribution in [3.05, 3.63) is 186 Å². The van der Waals surface area contributed by atoms with Gasteiger partial charge in [0.1, 0.15) is 11.2 Å². The second-order valence-electron chi connectivity index (χ2n) is 12.0. The molecule has 0 bridgehead atoms. The van der Waals surface area contributed by atoms with Crippen LogP contribution in [0.5, 0.6) is 0 Å². The van der Waals surface area contributed by atoms with Crippen LogP contribution >= 0.6 is 11.8 Å². The highest BCUT2D eigenvalue weighted by Crippen LogP contribution is 2.63. The summed E-state index contributed by atoms with van der Waals surface area (Å²) in [6.45, 7) is 0. The zero-order chi connectivity index (χ0) is 30.2. The lowest BCUT2D eigenvalue weighted by atomic mass is 9.67. The molecule has 3 heteroatoms. The number of hydrogen-bond donors (Lipinski definition) is 0. The monoisotopic (exact) mass is 605 g/mol. The molecule has 46 heavy (non-hydrogen) atoms. The Morgan fingerprint density at radius 3 is 1.74 bits per heavy atom. The van der Waals surface area contributed by atoms with Gasteiger partial charge in [0.25, 0.3) is 0 Å². The summed E-state index contributed by atoms with van der Waals surface area (Å²) in [5, 5.41) is 2.31. The maximum atomic E-state index is 6.73. The first kappa shape index (κ1) is 25.8. The zero-order valence-corrected chi connectivity index (χ0v) is 25.7. The Bertz CT molecular complexity index is 2380. The topological polar surface area (TPSA) is 16.4 Å². The fourth-order valence-corrected chi connectivity index (χ4v) is 9.18. The van der Waals surface area contributed by atoms with Gasteiger partial charge in [-0.05, 0) is 75.8 Å². The van der Waals surface area contributed by atoms with Gasteiger partial charge in [0.05, 0.1) is 10.3 Å². The van der Waals surface area contributed by atoms with Gasteiger partial charge in [-0.2, -0.15) is 0 Å². The molecule has 0 saturated heterocycles. The first-order valence-corrected chi connectivity index (χ1v) is 16.5. The Morgan fingerprint density at radius 1 is 0.457 bits per heavy atom. The number of fused-ring (bicyclic) bond motifs is 13. The second kappa shape index (κ2) is 9.74. The van der Waals surface area contributed by atoms with Crippen molar-refractivity contribution >= 4 is 50.8 Å². The predicted octanol–water partition coefficient (Wildman–Crippen LogP) is 11.9. The minimum Gasteiger partial charge on any atom is -0.455 e. The van der Waals surface area contributed by atoms with Crippen LogP contribution in [0.3, 0.4) is 0 Å². The number of para-hydroxylation sites is 3. The fraction of sp³-hybridized carbons (Fsp3) is 0.0233. The molecule has 10 rings (SSSR count). The van der Waals surface area contributed by atoms with Gasteiger partial charge in [-0.15, -0.1) is 0 Å². The number of hydrogen-bond acceptors (Lipinski definition) is 3. The third-order valence-corrected chi connectivity index (χ3v) is 10.9. The van der Waals surface area contributed by atoms with Gasteiger partial charge in [0.2, 0.25) is 0 Å². The summed E-state index contributed by atoms with van der Waals surface area (Å²) in [5.74, 6) is 0. The first-order valence-electron chi connectivity index (χ1n) is 15.7. The van der Waals surface area contributed by atoms with Crippen molar-refractivity contribution in [3.63, 3.8) is 0 Å². The lowest BCUT2D eigenvalue weighted by molar-refractivity contribution is 0.648. The molecule has 0 unspecified atom stereocenters. The number of rotatable bonds is 3. The SMILES string of the molecule is c1ccc(N(c2ccccc2)c2ccc3c(c2)Sc2c(ccc4c2oc2ccccc24)C32c3ccccc3-c3ccccc32)cc1. The molecule has 216 valence electrons. The van der Waals surface area contributed by atoms with Crippen molar-refractivity contribution in [2.45, 2.75) is 15.2 Å². The van der Waals surface area contributed by atoms with Crippen molar-refractivity contribution < 1.29 is 4.42 Å². The van der Waals surface area contributed by atoms with Crippen LogP contribution in [-0.4, -0.2) is 0 Å². The molecule has 0 saturated carbocycles. The summed E-state index contributed by atoms with van der Waals surface area (Å²) in [5.41, 5.74) is 12.6. The van der Waals surface area contributed by atoms with Gasteiger partial charge in [-0.25, -0.2) is 0 Å². The maximum Gasteiger partial charge on any atom is 0.149 e. The number of nitrogens with zero attached hydrogens (tertiary/aromatic N) is 1. The summed E-state index contributed by atoms with van der Waals surface area (Å²) in [6.07, 6.45) is 0. The van der Waals surface area contributed by atoms with Crippen molar-refractivity contribution in [1.29, 1.82) is 0 Å². The van der Waals surface area contributed by atoms with Gasteiger partial charge >= 0.3 is 0 Å². The molecule has 1 aromatic heterocycles. The molecule has 2 nitrogen and oxygen atoms in total. The number of anilines is 3. The van der Waals surface area contributed by atoms with E-state index in [0.717, 1.165) is 39.0 Å². The lowest BCUT2D eigenvalue weighted by Gasteiger charge is -2.40. The third kappa shape index (κ3) is 3.44. The summed E-state index contributed by atoms with van der Waals surface area (Å²) in [4.78, 5) is 4.78. The van der Waals surface area contributed by atoms with Crippen molar-refractivity contribution in [1.82, 2.24) is 0 Å². The average molecular weight is 606 g/mol. The average Bonchev–Trinajstić information content (AvgIpc) is 3.64. The smallest absolute Gasteiger partial charge is 0.149 e. The Kier molecular flexibility index (Phi) is 5.46. The Hall–Kier alpha value is -5.51. The number of furan rings is 1. The van der Waals surface area contributed by atoms with Crippen LogP contribution in [0, 0.1) is 0 Å². The molecule has 0 N–H and O–H groups in total. The zero-order valence-electron chi connectivity index (χ0n) is 24.9. The van der Waals surface area contributed by atoms with Crippen LogP contribution in [0.4, 0.5) is 17.1 Å². The Labute approximate surface area is 271 Å². The fourth-order valence-electron chi connectivity index (χ4n) is 7.88. The quantitative estimate of drug-likeness (QED) is 0.199. The second-order valence-corrected chi connectivity index (χ2v) is 13.1. The summed E-state index contributed by atoms with van der Waals surface area (Å²) >= 11 is 1.84. The normalized spacial score (nSPS) is 13.7. The van der Waals surface area contributed by atoms with E-state index in [2.05, 4.69) is 169 Å². The van der Waals surface area contributed by atoms with E-state index >= 15 is 0 Å². The molecular formula is C43H27NOS. The van der Waals surface area contributed by atoms with E-state index in [4.69, 9.17) is 4.42 Å². The van der Waals surface area contributed by atoms with E-state index < -0.39 is 5.41 Å². The predicted molar refractivity (Wildman–Crippen MR) is 190 cm³/mol. The molecule has 1 aliphatic heterocycles. The van der Waals surface area contributed by atoms with E-state index in [1.807, 2.05) is 11.8 Å². The summed E-state index contributed by atoms with van der Waals surface area (Å²) < 4.78 is 6.73. The Balaban J connectivity index is 1.30.